The van der Waals surface area contributed by atoms with Gasteiger partial charge in [0.1, 0.15) is 12.2 Å². The Morgan fingerprint density at radius 2 is 1.92 bits per heavy atom. The third-order valence-corrected chi connectivity index (χ3v) is 6.26. The fourth-order valence-corrected chi connectivity index (χ4v) is 4.70. The van der Waals surface area contributed by atoms with E-state index in [0.717, 1.165) is 41.3 Å². The zero-order valence-electron chi connectivity index (χ0n) is 37.9. The fraction of sp³-hybridized carbons (Fsp3) is 0.647. The molecule has 1 aromatic rings. The molecule has 1 unspecified atom stereocenters. The van der Waals surface area contributed by atoms with E-state index in [0.29, 0.717) is 12.3 Å². The molecular formula is C17H44KNO5S-22. The normalized spacial score (nSPS) is 24.3. The van der Waals surface area contributed by atoms with E-state index >= 15 is 0 Å². The second-order valence-electron chi connectivity index (χ2n) is 6.47. The van der Waals surface area contributed by atoms with Crippen molar-refractivity contribution in [3.05, 3.63) is 15.6 Å². The van der Waals surface area contributed by atoms with Gasteiger partial charge < -0.3 is 42.3 Å². The molecule has 0 aromatic carbocycles. The Bertz CT molecular complexity index is 716. The van der Waals surface area contributed by atoms with Gasteiger partial charge in [0, 0.05) is 16.7 Å². The van der Waals surface area contributed by atoms with Crippen LogP contribution in [0.2, 0.25) is 0 Å². The standard InChI is InChI=1S/C17H21NO5S.K.23H/c1-22-15(20)8-13(19)9-3-4-12-14(7-9)24-16(18-12)10-5-11(6-10)17(21)23-2;;;;;;;;;;;;;;;;;;;;;;;;/h9-11H,3-8H2,1-2H3;;;;;;;;;;;;;;;;;;;;;;;;/q;+1;23*-1/i;;23*1+2. The molecule has 2 aliphatic carbocycles. The van der Waals surface area contributed by atoms with Gasteiger partial charge >= 0.3 is 63.3 Å². The van der Waals surface area contributed by atoms with Crippen molar-refractivity contribution in [2.45, 2.75) is 44.4 Å². The molecule has 25 heavy (non-hydrogen) atoms. The van der Waals surface area contributed by atoms with Gasteiger partial charge in [-0.05, 0) is 32.1 Å². The molecule has 8 heteroatoms. The van der Waals surface area contributed by atoms with Crippen LogP contribution in [-0.4, -0.2) is 36.9 Å². The first-order valence-electron chi connectivity index (χ1n) is 8.17. The summed E-state index contributed by atoms with van der Waals surface area (Å²) in [6, 6.07) is 0. The quantitative estimate of drug-likeness (QED) is 0.378. The summed E-state index contributed by atoms with van der Waals surface area (Å²) in [7, 11) is 2.72. The molecule has 1 aromatic heterocycles. The molecule has 0 radical (unpaired) electrons. The minimum Gasteiger partial charge on any atom is -1.00 e. The summed E-state index contributed by atoms with van der Waals surface area (Å²) in [5, 5.41) is 1.07. The SMILES string of the molecule is COC(=O)CC(=O)C1CCc2nc(C3CC(C(=O)OC)C3)sc2C1.[3H-].[3H-].[3H-].[3H-].[3H-].[3H-].[3H-].[3H-].[3H-].[3H-].[3H-].[3H-].[3H-].[3H-].[3H-].[3H-].[3H-].[3H-].[3H-].[3H-].[3H-].[3H-].[3H-].[K+]. The summed E-state index contributed by atoms with van der Waals surface area (Å²) in [4.78, 5) is 40.8. The van der Waals surface area contributed by atoms with Crippen LogP contribution in [-0.2, 0) is 36.7 Å². The molecule has 0 aliphatic heterocycles. The maximum absolute atomic E-state index is 12.2. The predicted molar refractivity (Wildman–Crippen MR) is 112 cm³/mol. The number of aromatic nitrogens is 1. The number of methoxy groups -OCH3 is 2. The second kappa shape index (κ2) is 9.19. The maximum atomic E-state index is 12.2. The summed E-state index contributed by atoms with van der Waals surface area (Å²) < 4.78 is 9.34. The number of Topliss-reactive ketones (excluding diaryl/α,β-unsaturated/α-hetero) is 1. The van der Waals surface area contributed by atoms with Gasteiger partial charge in [0.25, 0.3) is 0 Å². The molecule has 0 bridgehead atoms. The van der Waals surface area contributed by atoms with Gasteiger partial charge in [0.2, 0.25) is 0 Å². The molecule has 0 spiro atoms. The molecule has 1 heterocycles. The van der Waals surface area contributed by atoms with Crippen LogP contribution in [0.15, 0.2) is 0 Å². The topological polar surface area (TPSA) is 82.6 Å². The number of aryl methyl sites for hydroxylation is 1. The van der Waals surface area contributed by atoms with Crippen LogP contribution in [0.1, 0.15) is 80.0 Å². The van der Waals surface area contributed by atoms with E-state index in [9.17, 15) is 14.4 Å². The summed E-state index contributed by atoms with van der Waals surface area (Å²) in [5.74, 6) is -0.449. The molecular weight excluding hydrogens is 369 g/mol. The van der Waals surface area contributed by atoms with Gasteiger partial charge in [-0.15, -0.1) is 11.3 Å². The zero-order chi connectivity index (χ0) is 17.3. The molecule has 0 saturated heterocycles. The van der Waals surface area contributed by atoms with E-state index in [2.05, 4.69) is 4.74 Å². The van der Waals surface area contributed by atoms with Gasteiger partial charge in [-0.1, -0.05) is 0 Å². The number of esters is 2. The van der Waals surface area contributed by atoms with Crippen LogP contribution in [0.5, 0.6) is 0 Å². The Hall–Kier alpha value is -0.124. The van der Waals surface area contributed by atoms with E-state index in [1.165, 1.54) is 14.2 Å². The van der Waals surface area contributed by atoms with Crippen molar-refractivity contribution in [3.8, 4) is 0 Å². The first-order chi connectivity index (χ1) is 11.5. The van der Waals surface area contributed by atoms with Crippen molar-refractivity contribution in [2.75, 3.05) is 14.2 Å². The van der Waals surface area contributed by atoms with Crippen molar-refractivity contribution in [1.29, 1.82) is 0 Å². The molecule has 0 N–H and O–H groups in total. The number of thiazole rings is 1. The number of rotatable bonds is 5. The van der Waals surface area contributed by atoms with Gasteiger partial charge in [-0.25, -0.2) is 4.98 Å². The third kappa shape index (κ3) is 4.78. The minimum atomic E-state index is -0.473. The number of ketones is 1. The molecule has 0 amide bonds. The summed E-state index contributed by atoms with van der Waals surface area (Å²) in [6.07, 6.45) is 3.62. The van der Waals surface area contributed by atoms with Crippen LogP contribution >= 0.6 is 11.3 Å². The van der Waals surface area contributed by atoms with Gasteiger partial charge in [-0.3, -0.25) is 14.4 Å². The number of carbonyl (C=O) groups excluding carboxylic acids is 3. The molecule has 1 fully saturated rings. The summed E-state index contributed by atoms with van der Waals surface area (Å²) in [6.45, 7) is 0. The first-order valence-corrected chi connectivity index (χ1v) is 8.99. The van der Waals surface area contributed by atoms with E-state index in [1.54, 1.807) is 11.3 Å². The first kappa shape index (κ1) is 21.2. The van der Waals surface area contributed by atoms with E-state index < -0.39 is 5.97 Å². The Kier molecular flexibility index (Phi) is 7.78. The van der Waals surface area contributed by atoms with Gasteiger partial charge in [0.15, 0.2) is 0 Å². The van der Waals surface area contributed by atoms with Crippen molar-refractivity contribution < 1.29 is 108 Å². The van der Waals surface area contributed by atoms with Crippen LogP contribution in [0.25, 0.3) is 0 Å². The van der Waals surface area contributed by atoms with Gasteiger partial charge in [0.05, 0.1) is 30.8 Å². The number of carbonyl (C=O) groups is 3. The molecule has 1 atom stereocenters. The smallest absolute Gasteiger partial charge is 1.00 e. The Morgan fingerprint density at radius 1 is 1.20 bits per heavy atom. The molecule has 176 valence electrons. The van der Waals surface area contributed by atoms with Crippen molar-refractivity contribution in [3.63, 3.8) is 0 Å². The van der Waals surface area contributed by atoms with Crippen molar-refractivity contribution in [1.82, 2.24) is 4.98 Å². The summed E-state index contributed by atoms with van der Waals surface area (Å²) >= 11 is 1.65. The molecule has 2 aliphatic rings. The molecule has 6 nitrogen and oxygen atoms in total. The van der Waals surface area contributed by atoms with E-state index in [4.69, 9.17) is 9.72 Å². The number of nitrogens with zero attached hydrogens (tertiary/aromatic N) is 1. The third-order valence-electron chi connectivity index (χ3n) is 4.98. The largest absolute Gasteiger partial charge is 1.00 e. The Labute approximate surface area is 227 Å². The number of hydrogen-bond acceptors (Lipinski definition) is 7. The van der Waals surface area contributed by atoms with Crippen LogP contribution < -0.4 is 51.4 Å². The minimum absolute atomic E-state index is 0. The van der Waals surface area contributed by atoms with Crippen LogP contribution in [0, 0.1) is 11.8 Å². The molecule has 3 rings (SSSR count). The van der Waals surface area contributed by atoms with Crippen LogP contribution in [0.4, 0.5) is 0 Å². The molecule has 1 saturated carbocycles. The van der Waals surface area contributed by atoms with Crippen molar-refractivity contribution >= 4 is 29.1 Å². The Balaban J connectivity index is -0.0000000141. The monoisotopic (exact) mass is 459 g/mol. The fourth-order valence-electron chi connectivity index (χ4n) is 3.38. The Morgan fingerprint density at radius 3 is 2.56 bits per heavy atom. The number of fused-ring (bicyclic) bond motifs is 1. The average molecular weight is 460 g/mol. The summed E-state index contributed by atoms with van der Waals surface area (Å²) in [5.41, 5.74) is 1.08. The maximum Gasteiger partial charge on any atom is 1.00 e. The number of ether oxygens (including phenoxy) is 2. The predicted octanol–water partition coefficient (Wildman–Crippen LogP) is 1.64. The van der Waals surface area contributed by atoms with E-state index in [1.807, 2.05) is 0 Å². The second-order valence-corrected chi connectivity index (χ2v) is 7.58. The van der Waals surface area contributed by atoms with Crippen LogP contribution in [0.3, 0.4) is 0 Å². The zero-order valence-corrected chi connectivity index (χ0v) is 18.8. The van der Waals surface area contributed by atoms with Crippen molar-refractivity contribution in [2.24, 2.45) is 11.8 Å². The average Bonchev–Trinajstić information content (AvgIpc) is 2.95. The van der Waals surface area contributed by atoms with E-state index in [-0.39, 0.29) is 114 Å². The van der Waals surface area contributed by atoms with Gasteiger partial charge in [-0.2, -0.15) is 0 Å². The number of hydrogen-bond donors (Lipinski definition) is 0.